The van der Waals surface area contributed by atoms with Crippen molar-refractivity contribution < 1.29 is 14.4 Å². The Hall–Kier alpha value is -2.60. The highest BCUT2D eigenvalue weighted by atomic mass is 35.5. The third kappa shape index (κ3) is 13.3. The molecule has 230 valence electrons. The third-order valence-corrected chi connectivity index (χ3v) is 7.98. The van der Waals surface area contributed by atoms with Crippen LogP contribution in [0.3, 0.4) is 0 Å². The lowest BCUT2D eigenvalue weighted by atomic mass is 9.86. The predicted molar refractivity (Wildman–Crippen MR) is 164 cm³/mol. The molecule has 0 radical (unpaired) electrons. The summed E-state index contributed by atoms with van der Waals surface area (Å²) in [5.74, 6) is -0.573. The zero-order valence-corrected chi connectivity index (χ0v) is 25.2. The Balaban J connectivity index is 2.00. The van der Waals surface area contributed by atoms with Crippen molar-refractivity contribution in [3.8, 4) is 0 Å². The molecule has 1 aliphatic carbocycles. The fourth-order valence-corrected chi connectivity index (χ4v) is 5.25. The van der Waals surface area contributed by atoms with Crippen molar-refractivity contribution in [3.05, 3.63) is 33.8 Å². The number of nitrogens with one attached hydrogen (secondary N) is 3. The van der Waals surface area contributed by atoms with E-state index < -0.39 is 18.0 Å². The van der Waals surface area contributed by atoms with Gasteiger partial charge in [-0.3, -0.25) is 19.4 Å². The average molecular weight is 614 g/mol. The van der Waals surface area contributed by atoms with Crippen molar-refractivity contribution in [1.82, 2.24) is 16.0 Å². The van der Waals surface area contributed by atoms with Crippen LogP contribution in [0, 0.1) is 5.92 Å². The Labute approximate surface area is 252 Å². The summed E-state index contributed by atoms with van der Waals surface area (Å²) in [5, 5.41) is 9.47. The number of benzene rings is 1. The largest absolute Gasteiger partial charge is 0.370 e. The smallest absolute Gasteiger partial charge is 0.243 e. The van der Waals surface area contributed by atoms with Crippen LogP contribution in [0.15, 0.2) is 23.2 Å². The van der Waals surface area contributed by atoms with Crippen molar-refractivity contribution >= 4 is 46.9 Å². The van der Waals surface area contributed by atoms with Gasteiger partial charge in [0.05, 0.1) is 22.5 Å². The summed E-state index contributed by atoms with van der Waals surface area (Å²) in [6.45, 7) is 1.48. The lowest BCUT2D eigenvalue weighted by Gasteiger charge is -2.28. The number of aliphatic imine (C=N–C) groups is 1. The standard InChI is InChI=1S/C28H46Cl2N8O3/c29-21-12-9-19(15-22(21)30)16-25(39)37-24(6-2-4-14-32)27(41)38-23(5-1-3-13-31)26(40)35-17-18-7-10-20(11-8-18)36-28(33)34/h9,12,15,18,20,23-24H,1-8,10-11,13-14,16-17,31-32H2,(H,35,40)(H,37,39)(H,38,41)(H4,33,34,36)/t18?,20?,23-,24-/m0/s1. The molecule has 0 saturated heterocycles. The maximum atomic E-state index is 13.4. The molecule has 3 amide bonds. The van der Waals surface area contributed by atoms with E-state index in [1.165, 1.54) is 0 Å². The number of carbonyl (C=O) groups excluding carboxylic acids is 3. The van der Waals surface area contributed by atoms with Crippen molar-refractivity contribution in [2.75, 3.05) is 19.6 Å². The van der Waals surface area contributed by atoms with Crippen LogP contribution in [0.1, 0.15) is 69.8 Å². The van der Waals surface area contributed by atoms with Crippen LogP contribution in [-0.2, 0) is 20.8 Å². The minimum absolute atomic E-state index is 0.0312. The molecule has 2 atom stereocenters. The number of rotatable bonds is 17. The summed E-state index contributed by atoms with van der Waals surface area (Å²) in [7, 11) is 0. The quantitative estimate of drug-likeness (QED) is 0.0786. The van der Waals surface area contributed by atoms with Gasteiger partial charge in [-0.1, -0.05) is 29.3 Å². The summed E-state index contributed by atoms with van der Waals surface area (Å²) in [4.78, 5) is 43.6. The molecule has 1 aromatic carbocycles. The third-order valence-electron chi connectivity index (χ3n) is 7.24. The number of unbranched alkanes of at least 4 members (excludes halogenated alkanes) is 2. The van der Waals surface area contributed by atoms with Crippen LogP contribution in [0.5, 0.6) is 0 Å². The van der Waals surface area contributed by atoms with E-state index in [1.807, 2.05) is 0 Å². The molecular formula is C28H46Cl2N8O3. The molecule has 0 heterocycles. The van der Waals surface area contributed by atoms with Gasteiger partial charge in [0.15, 0.2) is 5.96 Å². The highest BCUT2D eigenvalue weighted by molar-refractivity contribution is 6.42. The van der Waals surface area contributed by atoms with E-state index in [2.05, 4.69) is 20.9 Å². The highest BCUT2D eigenvalue weighted by Crippen LogP contribution is 2.26. The normalized spacial score (nSPS) is 18.1. The number of nitrogens with two attached hydrogens (primary N) is 4. The van der Waals surface area contributed by atoms with Crippen LogP contribution in [0.25, 0.3) is 0 Å². The van der Waals surface area contributed by atoms with Gasteiger partial charge >= 0.3 is 0 Å². The molecule has 11 N–H and O–H groups in total. The van der Waals surface area contributed by atoms with Gasteiger partial charge in [-0.05, 0) is 101 Å². The minimum Gasteiger partial charge on any atom is -0.370 e. The van der Waals surface area contributed by atoms with Crippen molar-refractivity contribution in [2.45, 2.75) is 88.8 Å². The van der Waals surface area contributed by atoms with E-state index >= 15 is 0 Å². The summed E-state index contributed by atoms with van der Waals surface area (Å²) in [6.07, 6.45) is 7.17. The Morgan fingerprint density at radius 2 is 1.46 bits per heavy atom. The maximum absolute atomic E-state index is 13.4. The Bertz CT molecular complexity index is 1010. The van der Waals surface area contributed by atoms with Gasteiger partial charge in [0, 0.05) is 6.54 Å². The zero-order valence-electron chi connectivity index (χ0n) is 23.7. The number of hydrogen-bond donors (Lipinski definition) is 7. The van der Waals surface area contributed by atoms with Gasteiger partial charge in [-0.2, -0.15) is 0 Å². The first-order valence-electron chi connectivity index (χ1n) is 14.4. The van der Waals surface area contributed by atoms with Crippen molar-refractivity contribution in [1.29, 1.82) is 0 Å². The van der Waals surface area contributed by atoms with Gasteiger partial charge in [0.2, 0.25) is 17.7 Å². The molecule has 41 heavy (non-hydrogen) atoms. The topological polar surface area (TPSA) is 204 Å². The molecule has 0 aromatic heterocycles. The maximum Gasteiger partial charge on any atom is 0.243 e. The molecular weight excluding hydrogens is 567 g/mol. The molecule has 1 aromatic rings. The number of hydrogen-bond acceptors (Lipinski definition) is 6. The fourth-order valence-electron chi connectivity index (χ4n) is 4.93. The molecule has 13 heteroatoms. The second-order valence-electron chi connectivity index (χ2n) is 10.6. The predicted octanol–water partition coefficient (Wildman–Crippen LogP) is 1.71. The number of carbonyl (C=O) groups is 3. The lowest BCUT2D eigenvalue weighted by Crippen LogP contribution is -2.54. The first-order valence-corrected chi connectivity index (χ1v) is 15.2. The molecule has 0 unspecified atom stereocenters. The summed E-state index contributed by atoms with van der Waals surface area (Å²) in [5.41, 5.74) is 23.0. The zero-order chi connectivity index (χ0) is 30.2. The Morgan fingerprint density at radius 1 is 0.854 bits per heavy atom. The number of nitrogens with zero attached hydrogens (tertiary/aromatic N) is 1. The first kappa shape index (κ1) is 34.6. The van der Waals surface area contributed by atoms with E-state index in [1.54, 1.807) is 18.2 Å². The molecule has 1 saturated carbocycles. The van der Waals surface area contributed by atoms with Crippen LogP contribution >= 0.6 is 23.2 Å². The fraction of sp³-hybridized carbons (Fsp3) is 0.643. The molecule has 2 rings (SSSR count). The Kier molecular flexibility index (Phi) is 15.8. The van der Waals surface area contributed by atoms with E-state index in [9.17, 15) is 14.4 Å². The van der Waals surface area contributed by atoms with Crippen LogP contribution < -0.4 is 38.9 Å². The highest BCUT2D eigenvalue weighted by Gasteiger charge is 2.28. The first-order chi connectivity index (χ1) is 19.6. The SMILES string of the molecule is NCCCC[C@H](NC(=O)Cc1ccc(Cl)c(Cl)c1)C(=O)N[C@@H](CCCCN)C(=O)NCC1CCC(N=C(N)N)CC1. The summed E-state index contributed by atoms with van der Waals surface area (Å²) in [6, 6.07) is 3.53. The van der Waals surface area contributed by atoms with Crippen molar-refractivity contribution in [2.24, 2.45) is 33.8 Å². The lowest BCUT2D eigenvalue weighted by molar-refractivity contribution is -0.132. The van der Waals surface area contributed by atoms with E-state index in [4.69, 9.17) is 46.1 Å². The van der Waals surface area contributed by atoms with E-state index in [0.29, 0.717) is 73.3 Å². The van der Waals surface area contributed by atoms with Crippen molar-refractivity contribution in [3.63, 3.8) is 0 Å². The van der Waals surface area contributed by atoms with Gasteiger partial charge in [-0.15, -0.1) is 0 Å². The summed E-state index contributed by atoms with van der Waals surface area (Å²) < 4.78 is 0. The molecule has 1 fully saturated rings. The number of amides is 3. The number of guanidine groups is 1. The monoisotopic (exact) mass is 612 g/mol. The Morgan fingerprint density at radius 3 is 2.02 bits per heavy atom. The van der Waals surface area contributed by atoms with Gasteiger partial charge in [-0.25, -0.2) is 0 Å². The number of halogens is 2. The molecule has 11 nitrogen and oxygen atoms in total. The molecule has 0 spiro atoms. The minimum atomic E-state index is -0.813. The van der Waals surface area contributed by atoms with E-state index in [0.717, 1.165) is 32.1 Å². The molecule has 1 aliphatic rings. The molecule has 0 bridgehead atoms. The van der Waals surface area contributed by atoms with Crippen LogP contribution in [-0.4, -0.2) is 61.4 Å². The van der Waals surface area contributed by atoms with E-state index in [-0.39, 0.29) is 30.2 Å². The van der Waals surface area contributed by atoms with Gasteiger partial charge in [0.25, 0.3) is 0 Å². The second-order valence-corrected chi connectivity index (χ2v) is 11.5. The van der Waals surface area contributed by atoms with Crippen LogP contribution in [0.2, 0.25) is 10.0 Å². The van der Waals surface area contributed by atoms with Crippen LogP contribution in [0.4, 0.5) is 0 Å². The summed E-state index contributed by atoms with van der Waals surface area (Å²) >= 11 is 12.1. The molecule has 0 aliphatic heterocycles. The van der Waals surface area contributed by atoms with Gasteiger partial charge < -0.3 is 38.9 Å². The van der Waals surface area contributed by atoms with Gasteiger partial charge in [0.1, 0.15) is 12.1 Å². The average Bonchev–Trinajstić information content (AvgIpc) is 2.93. The second kappa shape index (κ2) is 18.8.